The first kappa shape index (κ1) is 12.9. The Morgan fingerprint density at radius 3 is 2.15 bits per heavy atom. The molecule has 1 heterocycles. The average molecular weight is 268 g/mol. The van der Waals surface area contributed by atoms with Crippen LogP contribution in [0.5, 0.6) is 0 Å². The summed E-state index contributed by atoms with van der Waals surface area (Å²) in [4.78, 5) is 12.0. The SMILES string of the molecule is C[C@H]1C(=O)O[C@@H](c2ccccc2)[C@]1(O)c1ccccc1. The van der Waals surface area contributed by atoms with Crippen molar-refractivity contribution in [1.29, 1.82) is 0 Å². The highest BCUT2D eigenvalue weighted by molar-refractivity contribution is 5.77. The van der Waals surface area contributed by atoms with Crippen molar-refractivity contribution in [2.75, 3.05) is 0 Å². The van der Waals surface area contributed by atoms with E-state index in [0.29, 0.717) is 5.56 Å². The maximum absolute atomic E-state index is 12.0. The Hall–Kier alpha value is -2.13. The Morgan fingerprint density at radius 2 is 1.55 bits per heavy atom. The second-order valence-electron chi connectivity index (χ2n) is 5.14. The molecule has 3 heteroatoms. The largest absolute Gasteiger partial charge is 0.454 e. The van der Waals surface area contributed by atoms with E-state index < -0.39 is 17.6 Å². The van der Waals surface area contributed by atoms with Crippen molar-refractivity contribution in [3.05, 3.63) is 71.8 Å². The smallest absolute Gasteiger partial charge is 0.312 e. The summed E-state index contributed by atoms with van der Waals surface area (Å²) >= 11 is 0. The molecule has 0 radical (unpaired) electrons. The quantitative estimate of drug-likeness (QED) is 0.852. The number of aliphatic hydroxyl groups is 1. The summed E-state index contributed by atoms with van der Waals surface area (Å²) in [5.41, 5.74) is 0.170. The molecule has 0 saturated carbocycles. The second kappa shape index (κ2) is 4.76. The Balaban J connectivity index is 2.12. The molecule has 0 bridgehead atoms. The number of hydrogen-bond donors (Lipinski definition) is 1. The standard InChI is InChI=1S/C17H16O3/c1-12-16(18)20-15(13-8-4-2-5-9-13)17(12,19)14-10-6-3-7-11-14/h2-12,15,19H,1H3/t12-,15-,17+/m0/s1. The molecule has 1 fully saturated rings. The van der Waals surface area contributed by atoms with E-state index in [1.807, 2.05) is 60.7 Å². The molecule has 0 unspecified atom stereocenters. The number of benzene rings is 2. The zero-order valence-corrected chi connectivity index (χ0v) is 11.2. The van der Waals surface area contributed by atoms with Gasteiger partial charge in [0.25, 0.3) is 0 Å². The number of carbonyl (C=O) groups is 1. The van der Waals surface area contributed by atoms with E-state index in [-0.39, 0.29) is 5.97 Å². The predicted molar refractivity (Wildman–Crippen MR) is 74.8 cm³/mol. The van der Waals surface area contributed by atoms with Gasteiger partial charge in [0.2, 0.25) is 0 Å². The lowest BCUT2D eigenvalue weighted by Crippen LogP contribution is -2.35. The molecule has 1 N–H and O–H groups in total. The van der Waals surface area contributed by atoms with Gasteiger partial charge in [0.1, 0.15) is 5.60 Å². The van der Waals surface area contributed by atoms with Crippen LogP contribution in [0.2, 0.25) is 0 Å². The first-order valence-electron chi connectivity index (χ1n) is 6.67. The molecular formula is C17H16O3. The lowest BCUT2D eigenvalue weighted by molar-refractivity contribution is -0.144. The van der Waals surface area contributed by atoms with E-state index in [4.69, 9.17) is 4.74 Å². The van der Waals surface area contributed by atoms with Crippen LogP contribution in [0.15, 0.2) is 60.7 Å². The van der Waals surface area contributed by atoms with Gasteiger partial charge in [0.15, 0.2) is 6.10 Å². The summed E-state index contributed by atoms with van der Waals surface area (Å²) < 4.78 is 5.44. The molecule has 0 aromatic heterocycles. The zero-order chi connectivity index (χ0) is 14.2. The molecule has 3 atom stereocenters. The summed E-state index contributed by atoms with van der Waals surface area (Å²) in [6.07, 6.45) is -0.673. The molecule has 0 amide bonds. The predicted octanol–water partition coefficient (Wildman–Crippen LogP) is 2.81. The van der Waals surface area contributed by atoms with Crippen molar-refractivity contribution in [1.82, 2.24) is 0 Å². The highest BCUT2D eigenvalue weighted by atomic mass is 16.6. The Labute approximate surface area is 117 Å². The van der Waals surface area contributed by atoms with E-state index in [9.17, 15) is 9.90 Å². The van der Waals surface area contributed by atoms with Gasteiger partial charge in [-0.2, -0.15) is 0 Å². The van der Waals surface area contributed by atoms with Gasteiger partial charge >= 0.3 is 5.97 Å². The maximum atomic E-state index is 12.0. The lowest BCUT2D eigenvalue weighted by atomic mass is 9.78. The molecule has 0 aliphatic carbocycles. The Kier molecular flexibility index (Phi) is 3.07. The van der Waals surface area contributed by atoms with Crippen LogP contribution < -0.4 is 0 Å². The number of hydrogen-bond acceptors (Lipinski definition) is 3. The third-order valence-electron chi connectivity index (χ3n) is 3.99. The fourth-order valence-electron chi connectivity index (χ4n) is 2.77. The van der Waals surface area contributed by atoms with Crippen LogP contribution >= 0.6 is 0 Å². The summed E-state index contributed by atoms with van der Waals surface area (Å²) in [5.74, 6) is -0.972. The number of rotatable bonds is 2. The number of carbonyl (C=O) groups excluding carboxylic acids is 1. The molecule has 0 spiro atoms. The number of ether oxygens (including phenoxy) is 1. The molecule has 2 aromatic carbocycles. The minimum absolute atomic E-state index is 0.370. The van der Waals surface area contributed by atoms with E-state index in [2.05, 4.69) is 0 Å². The van der Waals surface area contributed by atoms with Crippen molar-refractivity contribution in [2.24, 2.45) is 5.92 Å². The highest BCUT2D eigenvalue weighted by Gasteiger charge is 2.55. The fraction of sp³-hybridized carbons (Fsp3) is 0.235. The van der Waals surface area contributed by atoms with E-state index in [0.717, 1.165) is 5.56 Å². The number of esters is 1. The molecule has 2 aromatic rings. The van der Waals surface area contributed by atoms with Gasteiger partial charge in [0.05, 0.1) is 5.92 Å². The van der Waals surface area contributed by atoms with Crippen LogP contribution in [0.1, 0.15) is 24.2 Å². The Bertz CT molecular complexity index is 609. The van der Waals surface area contributed by atoms with Crippen LogP contribution in [0.4, 0.5) is 0 Å². The monoisotopic (exact) mass is 268 g/mol. The van der Waals surface area contributed by atoms with Crippen molar-refractivity contribution in [2.45, 2.75) is 18.6 Å². The molecule has 3 nitrogen and oxygen atoms in total. The Morgan fingerprint density at radius 1 is 1.00 bits per heavy atom. The molecule has 1 aliphatic heterocycles. The summed E-state index contributed by atoms with van der Waals surface area (Å²) in [7, 11) is 0. The van der Waals surface area contributed by atoms with Crippen molar-refractivity contribution in [3.63, 3.8) is 0 Å². The molecule has 3 rings (SSSR count). The fourth-order valence-corrected chi connectivity index (χ4v) is 2.77. The van der Waals surface area contributed by atoms with Crippen LogP contribution in [0.3, 0.4) is 0 Å². The molecule has 20 heavy (non-hydrogen) atoms. The molecule has 1 aliphatic rings. The van der Waals surface area contributed by atoms with Crippen LogP contribution in [-0.4, -0.2) is 11.1 Å². The highest BCUT2D eigenvalue weighted by Crippen LogP contribution is 2.49. The lowest BCUT2D eigenvalue weighted by Gasteiger charge is -2.30. The van der Waals surface area contributed by atoms with E-state index in [1.165, 1.54) is 0 Å². The first-order valence-corrected chi connectivity index (χ1v) is 6.67. The summed E-state index contributed by atoms with van der Waals surface area (Å²) in [6, 6.07) is 18.6. The van der Waals surface area contributed by atoms with Crippen LogP contribution in [0, 0.1) is 5.92 Å². The third kappa shape index (κ3) is 1.82. The van der Waals surface area contributed by atoms with Gasteiger partial charge in [-0.3, -0.25) is 4.79 Å². The van der Waals surface area contributed by atoms with Crippen molar-refractivity contribution < 1.29 is 14.6 Å². The van der Waals surface area contributed by atoms with Gasteiger partial charge in [-0.15, -0.1) is 0 Å². The summed E-state index contributed by atoms with van der Waals surface area (Å²) in [6.45, 7) is 1.71. The minimum atomic E-state index is -1.33. The zero-order valence-electron chi connectivity index (χ0n) is 11.2. The molecule has 102 valence electrons. The van der Waals surface area contributed by atoms with E-state index >= 15 is 0 Å². The maximum Gasteiger partial charge on any atom is 0.312 e. The third-order valence-corrected chi connectivity index (χ3v) is 3.99. The van der Waals surface area contributed by atoms with Gasteiger partial charge in [0, 0.05) is 0 Å². The first-order chi connectivity index (χ1) is 9.64. The van der Waals surface area contributed by atoms with Crippen LogP contribution in [0.25, 0.3) is 0 Å². The van der Waals surface area contributed by atoms with Gasteiger partial charge in [-0.25, -0.2) is 0 Å². The normalized spacial score (nSPS) is 29.2. The van der Waals surface area contributed by atoms with Crippen molar-refractivity contribution in [3.8, 4) is 0 Å². The van der Waals surface area contributed by atoms with Gasteiger partial charge in [-0.05, 0) is 18.1 Å². The average Bonchev–Trinajstić information content (AvgIpc) is 2.74. The van der Waals surface area contributed by atoms with Crippen LogP contribution in [-0.2, 0) is 15.1 Å². The molecular weight excluding hydrogens is 252 g/mol. The second-order valence-corrected chi connectivity index (χ2v) is 5.14. The van der Waals surface area contributed by atoms with Gasteiger partial charge < -0.3 is 9.84 Å². The topological polar surface area (TPSA) is 46.5 Å². The minimum Gasteiger partial charge on any atom is -0.454 e. The van der Waals surface area contributed by atoms with Crippen molar-refractivity contribution >= 4 is 5.97 Å². The summed E-state index contributed by atoms with van der Waals surface area (Å²) in [5, 5.41) is 11.2. The molecule has 1 saturated heterocycles. The number of cyclic esters (lactones) is 1. The van der Waals surface area contributed by atoms with Gasteiger partial charge in [-0.1, -0.05) is 60.7 Å². The van der Waals surface area contributed by atoms with E-state index in [1.54, 1.807) is 6.92 Å².